The van der Waals surface area contributed by atoms with Gasteiger partial charge in [0.2, 0.25) is 17.7 Å². The smallest absolute Gasteiger partial charge is 0.358 e. The molecule has 3 amide bonds. The van der Waals surface area contributed by atoms with Crippen molar-refractivity contribution >= 4 is 28.6 Å². The Hall–Kier alpha value is -3.89. The summed E-state index contributed by atoms with van der Waals surface area (Å²) in [6, 6.07) is 8.63. The molecule has 2 aromatic carbocycles. The maximum atomic E-state index is 14.3. The zero-order chi connectivity index (χ0) is 33.8. The van der Waals surface area contributed by atoms with Gasteiger partial charge in [0, 0.05) is 23.5 Å². The van der Waals surface area contributed by atoms with Crippen LogP contribution in [0.25, 0.3) is 10.9 Å². The van der Waals surface area contributed by atoms with Crippen molar-refractivity contribution in [3.05, 3.63) is 70.7 Å². The van der Waals surface area contributed by atoms with Crippen LogP contribution < -0.4 is 16.0 Å². The highest BCUT2D eigenvalue weighted by Gasteiger charge is 2.46. The maximum absolute atomic E-state index is 14.3. The molecular weight excluding hydrogens is 600 g/mol. The number of aromatic nitrogens is 1. The number of H-pyrrole nitrogens is 1. The normalized spacial score (nSPS) is 19.1. The first kappa shape index (κ1) is 35.0. The molecule has 0 spiro atoms. The van der Waals surface area contributed by atoms with Crippen molar-refractivity contribution in [2.24, 2.45) is 11.8 Å². The third-order valence-corrected chi connectivity index (χ3v) is 9.62. The van der Waals surface area contributed by atoms with Gasteiger partial charge >= 0.3 is 6.18 Å². The molecule has 0 fully saturated rings. The van der Waals surface area contributed by atoms with Crippen molar-refractivity contribution in [1.82, 2.24) is 20.9 Å². The van der Waals surface area contributed by atoms with Crippen molar-refractivity contribution in [3.8, 4) is 0 Å². The van der Waals surface area contributed by atoms with Crippen LogP contribution in [0.15, 0.2) is 42.5 Å². The van der Waals surface area contributed by atoms with E-state index in [1.807, 2.05) is 27.7 Å². The van der Waals surface area contributed by atoms with E-state index in [1.54, 1.807) is 19.1 Å². The molecule has 7 nitrogen and oxygen atoms in total. The van der Waals surface area contributed by atoms with Gasteiger partial charge in [-0.1, -0.05) is 77.8 Å². The Morgan fingerprint density at radius 3 is 2.26 bits per heavy atom. The molecule has 0 saturated heterocycles. The van der Waals surface area contributed by atoms with E-state index in [1.165, 1.54) is 24.3 Å². The molecule has 1 heterocycles. The number of aromatic amines is 1. The molecule has 0 saturated carbocycles. The zero-order valence-corrected chi connectivity index (χ0v) is 27.0. The molecule has 1 aliphatic carbocycles. The number of para-hydroxylation sites is 1. The summed E-state index contributed by atoms with van der Waals surface area (Å²) in [5, 5.41) is 9.21. The molecule has 0 bridgehead atoms. The molecule has 46 heavy (non-hydrogen) atoms. The van der Waals surface area contributed by atoms with Crippen molar-refractivity contribution in [1.29, 1.82) is 0 Å². The summed E-state index contributed by atoms with van der Waals surface area (Å²) >= 11 is 0. The second-order valence-corrected chi connectivity index (χ2v) is 12.6. The molecule has 3 aromatic rings. The van der Waals surface area contributed by atoms with Crippen molar-refractivity contribution in [2.75, 3.05) is 0 Å². The van der Waals surface area contributed by atoms with E-state index in [-0.39, 0.29) is 54.6 Å². The molecule has 5 atom stereocenters. The Labute approximate surface area is 267 Å². The second kappa shape index (κ2) is 14.3. The number of benzene rings is 2. The summed E-state index contributed by atoms with van der Waals surface area (Å²) in [7, 11) is 0. The lowest BCUT2D eigenvalue weighted by molar-refractivity contribution is -0.137. The van der Waals surface area contributed by atoms with E-state index in [0.29, 0.717) is 29.5 Å². The molecule has 1 aromatic heterocycles. The molecule has 4 rings (SSSR count). The van der Waals surface area contributed by atoms with Gasteiger partial charge in [-0.3, -0.25) is 14.4 Å². The number of alkyl halides is 3. The van der Waals surface area contributed by atoms with Gasteiger partial charge in [-0.05, 0) is 54.4 Å². The van der Waals surface area contributed by atoms with Gasteiger partial charge in [-0.25, -0.2) is 4.39 Å². The summed E-state index contributed by atoms with van der Waals surface area (Å²) in [5.41, 5.74) is -1.01. The van der Waals surface area contributed by atoms with E-state index in [9.17, 15) is 31.9 Å². The number of aryl methyl sites for hydroxylation is 1. The number of carbonyl (C=O) groups is 3. The molecule has 250 valence electrons. The van der Waals surface area contributed by atoms with Crippen LogP contribution in [0.5, 0.6) is 0 Å². The van der Waals surface area contributed by atoms with Crippen molar-refractivity contribution < 1.29 is 31.9 Å². The molecule has 2 unspecified atom stereocenters. The third-order valence-electron chi connectivity index (χ3n) is 9.62. The molecule has 0 radical (unpaired) electrons. The molecule has 11 heteroatoms. The summed E-state index contributed by atoms with van der Waals surface area (Å²) in [4.78, 5) is 44.3. The Kier molecular flexibility index (Phi) is 10.8. The largest absolute Gasteiger partial charge is 0.418 e. The summed E-state index contributed by atoms with van der Waals surface area (Å²) < 4.78 is 55.9. The quantitative estimate of drug-likeness (QED) is 0.172. The maximum Gasteiger partial charge on any atom is 0.418 e. The number of halogens is 4. The zero-order valence-electron chi connectivity index (χ0n) is 27.0. The number of hydrogen-bond acceptors (Lipinski definition) is 3. The fourth-order valence-electron chi connectivity index (χ4n) is 6.36. The Morgan fingerprint density at radius 2 is 1.63 bits per heavy atom. The lowest BCUT2D eigenvalue weighted by Crippen LogP contribution is -2.66. The lowest BCUT2D eigenvalue weighted by Gasteiger charge is -2.40. The standard InChI is InChI=1S/C35H44F4N4O3/c1-6-20(4)27(8-3)41-33(46)34(17-16-28-24(19-34)23-13-11-14-25(31(23)40-28)35(37,38)39)43-32(45)30(21(5)7-2)42-29(44)18-22-12-9-10-15-26(22)36/h9-15,20-21,27,30,40H,6-8,16-19H2,1-5H3,(H,41,46)(H,42,44)(H,43,45)/t20?,21?,27-,30+,34-/m1/s1. The van der Waals surface area contributed by atoms with Gasteiger partial charge in [-0.15, -0.1) is 0 Å². The van der Waals surface area contributed by atoms with Crippen LogP contribution in [0.2, 0.25) is 0 Å². The third kappa shape index (κ3) is 7.39. The van der Waals surface area contributed by atoms with Crippen molar-refractivity contribution in [2.45, 2.75) is 103 Å². The second-order valence-electron chi connectivity index (χ2n) is 12.6. The first-order valence-corrected chi connectivity index (χ1v) is 16.1. The monoisotopic (exact) mass is 644 g/mol. The van der Waals surface area contributed by atoms with Crippen LogP contribution in [0.4, 0.5) is 17.6 Å². The first-order chi connectivity index (χ1) is 21.7. The number of hydrogen-bond donors (Lipinski definition) is 4. The van der Waals surface area contributed by atoms with Gasteiger partial charge in [0.1, 0.15) is 17.4 Å². The molecule has 0 aliphatic heterocycles. The van der Waals surface area contributed by atoms with Crippen LogP contribution in [-0.2, 0) is 39.8 Å². The number of nitrogens with one attached hydrogen (secondary N) is 4. The number of amides is 3. The minimum Gasteiger partial charge on any atom is -0.358 e. The molecular formula is C35H44F4N4O3. The van der Waals surface area contributed by atoms with Gasteiger partial charge in [0.05, 0.1) is 17.5 Å². The van der Waals surface area contributed by atoms with Gasteiger partial charge in [-0.2, -0.15) is 13.2 Å². The topological polar surface area (TPSA) is 103 Å². The van der Waals surface area contributed by atoms with E-state index in [0.717, 1.165) is 12.5 Å². The highest BCUT2D eigenvalue weighted by Crippen LogP contribution is 2.40. The molecule has 4 N–H and O–H groups in total. The first-order valence-electron chi connectivity index (χ1n) is 16.1. The highest BCUT2D eigenvalue weighted by atomic mass is 19.4. The Morgan fingerprint density at radius 1 is 0.935 bits per heavy atom. The fourth-order valence-corrected chi connectivity index (χ4v) is 6.36. The molecule has 1 aliphatic rings. The Bertz CT molecular complexity index is 1570. The van der Waals surface area contributed by atoms with Crippen LogP contribution in [0, 0.1) is 17.7 Å². The average Bonchev–Trinajstić information content (AvgIpc) is 3.39. The van der Waals surface area contributed by atoms with Crippen LogP contribution >= 0.6 is 0 Å². The number of carbonyl (C=O) groups excluding carboxylic acids is 3. The lowest BCUT2D eigenvalue weighted by atomic mass is 9.78. The number of rotatable bonds is 12. The van der Waals surface area contributed by atoms with Crippen molar-refractivity contribution in [3.63, 3.8) is 0 Å². The van der Waals surface area contributed by atoms with E-state index in [2.05, 4.69) is 20.9 Å². The van der Waals surface area contributed by atoms with Gasteiger partial charge in [0.15, 0.2) is 0 Å². The van der Waals surface area contributed by atoms with Crippen LogP contribution in [-0.4, -0.2) is 40.3 Å². The highest BCUT2D eigenvalue weighted by molar-refractivity contribution is 5.97. The predicted octanol–water partition coefficient (Wildman–Crippen LogP) is 6.38. The predicted molar refractivity (Wildman–Crippen MR) is 169 cm³/mol. The summed E-state index contributed by atoms with van der Waals surface area (Å²) in [6.07, 6.45) is -2.53. The number of fused-ring (bicyclic) bond motifs is 3. The van der Waals surface area contributed by atoms with Gasteiger partial charge in [0.25, 0.3) is 0 Å². The Balaban J connectivity index is 1.70. The van der Waals surface area contributed by atoms with E-state index in [4.69, 9.17) is 0 Å². The minimum absolute atomic E-state index is 0.0332. The fraction of sp³-hybridized carbons (Fsp3) is 0.514. The van der Waals surface area contributed by atoms with E-state index < -0.39 is 46.9 Å². The SMILES string of the molecule is CCC(C)[C@H](NC(=O)Cc1ccccc1F)C(=O)N[C@]1(C(=O)N[C@H](CC)C(C)CC)CCc2[nH]c3c(C(F)(F)F)cccc3c2C1. The summed E-state index contributed by atoms with van der Waals surface area (Å²) in [5.74, 6) is -2.27. The van der Waals surface area contributed by atoms with Crippen LogP contribution in [0.3, 0.4) is 0 Å². The minimum atomic E-state index is -4.58. The van der Waals surface area contributed by atoms with Gasteiger partial charge < -0.3 is 20.9 Å². The average molecular weight is 645 g/mol. The van der Waals surface area contributed by atoms with Crippen LogP contribution in [0.1, 0.15) is 82.7 Å². The van der Waals surface area contributed by atoms with E-state index >= 15 is 0 Å². The summed E-state index contributed by atoms with van der Waals surface area (Å²) in [6.45, 7) is 9.68.